The van der Waals surface area contributed by atoms with E-state index in [0.717, 1.165) is 24.2 Å². The van der Waals surface area contributed by atoms with Crippen LogP contribution in [-0.4, -0.2) is 11.1 Å². The number of benzene rings is 2. The lowest BCUT2D eigenvalue weighted by molar-refractivity contribution is -0.133. The maximum absolute atomic E-state index is 11.6. The van der Waals surface area contributed by atoms with Gasteiger partial charge in [-0.3, -0.25) is 10.0 Å². The highest BCUT2D eigenvalue weighted by atomic mass is 35.5. The molecule has 1 aliphatic carbocycles. The van der Waals surface area contributed by atoms with E-state index in [2.05, 4.69) is 0 Å². The van der Waals surface area contributed by atoms with Crippen LogP contribution in [-0.2, 0) is 17.6 Å². The first-order valence-corrected chi connectivity index (χ1v) is 7.52. The summed E-state index contributed by atoms with van der Waals surface area (Å²) in [6.07, 6.45) is 2.19. The van der Waals surface area contributed by atoms with Gasteiger partial charge in [-0.05, 0) is 66.8 Å². The number of carbonyl (C=O) groups excluding carboxylic acids is 1. The molecule has 0 saturated carbocycles. The Hall–Kier alpha value is -2.04. The Morgan fingerprint density at radius 1 is 1.14 bits per heavy atom. The van der Waals surface area contributed by atoms with E-state index in [4.69, 9.17) is 21.5 Å². The van der Waals surface area contributed by atoms with Gasteiger partial charge in [-0.25, -0.2) is 5.48 Å². The van der Waals surface area contributed by atoms with Crippen molar-refractivity contribution in [2.24, 2.45) is 5.92 Å². The first-order chi connectivity index (χ1) is 10.7. The van der Waals surface area contributed by atoms with E-state index in [9.17, 15) is 4.79 Å². The zero-order valence-electron chi connectivity index (χ0n) is 11.9. The highest BCUT2D eigenvalue weighted by molar-refractivity contribution is 6.30. The number of fused-ring (bicyclic) bond motifs is 1. The van der Waals surface area contributed by atoms with Gasteiger partial charge in [-0.2, -0.15) is 0 Å². The molecular formula is C17H16ClNO3. The Kier molecular flexibility index (Phi) is 4.32. The molecular weight excluding hydrogens is 302 g/mol. The summed E-state index contributed by atoms with van der Waals surface area (Å²) in [5.74, 6) is 0.925. The number of rotatable bonds is 3. The molecule has 1 unspecified atom stereocenters. The summed E-state index contributed by atoms with van der Waals surface area (Å²) < 4.78 is 5.81. The van der Waals surface area contributed by atoms with E-state index in [0.29, 0.717) is 17.2 Å². The Labute approximate surface area is 133 Å². The summed E-state index contributed by atoms with van der Waals surface area (Å²) in [5, 5.41) is 9.43. The lowest BCUT2D eigenvalue weighted by Gasteiger charge is -2.23. The van der Waals surface area contributed by atoms with E-state index >= 15 is 0 Å². The van der Waals surface area contributed by atoms with Gasteiger partial charge in [0.2, 0.25) is 5.91 Å². The summed E-state index contributed by atoms with van der Waals surface area (Å²) in [6.45, 7) is 0. The average Bonchev–Trinajstić information content (AvgIpc) is 2.55. The standard InChI is InChI=1S/C17H16ClNO3/c18-14-4-7-15(8-5-14)22-16-6-3-11-1-2-12(17(20)19-21)9-13(11)10-16/h3-8,10,12,21H,1-2,9H2,(H,19,20). The van der Waals surface area contributed by atoms with Crippen LogP contribution in [0.5, 0.6) is 11.5 Å². The number of halogens is 1. The van der Waals surface area contributed by atoms with Crippen LogP contribution >= 0.6 is 11.6 Å². The zero-order valence-corrected chi connectivity index (χ0v) is 12.6. The summed E-state index contributed by atoms with van der Waals surface area (Å²) in [7, 11) is 0. The maximum atomic E-state index is 11.6. The molecule has 5 heteroatoms. The number of nitrogens with one attached hydrogen (secondary N) is 1. The fraction of sp³-hybridized carbons (Fsp3) is 0.235. The van der Waals surface area contributed by atoms with Gasteiger partial charge < -0.3 is 4.74 Å². The van der Waals surface area contributed by atoms with Crippen LogP contribution in [0.1, 0.15) is 17.5 Å². The third-order valence-corrected chi connectivity index (χ3v) is 4.19. The SMILES string of the molecule is O=C(NO)C1CCc2ccc(Oc3ccc(Cl)cc3)cc2C1. The third-order valence-electron chi connectivity index (χ3n) is 3.94. The van der Waals surface area contributed by atoms with Gasteiger partial charge in [0.1, 0.15) is 11.5 Å². The van der Waals surface area contributed by atoms with Crippen molar-refractivity contribution >= 4 is 17.5 Å². The molecule has 1 amide bonds. The van der Waals surface area contributed by atoms with Crippen molar-refractivity contribution in [1.82, 2.24) is 5.48 Å². The van der Waals surface area contributed by atoms with Crippen LogP contribution < -0.4 is 10.2 Å². The Morgan fingerprint density at radius 2 is 1.86 bits per heavy atom. The number of carbonyl (C=O) groups is 1. The van der Waals surface area contributed by atoms with Crippen LogP contribution in [0.3, 0.4) is 0 Å². The van der Waals surface area contributed by atoms with Crippen LogP contribution in [0.15, 0.2) is 42.5 Å². The highest BCUT2D eigenvalue weighted by Crippen LogP contribution is 2.31. The van der Waals surface area contributed by atoms with Gasteiger partial charge in [-0.1, -0.05) is 17.7 Å². The molecule has 0 fully saturated rings. The fourth-order valence-electron chi connectivity index (χ4n) is 2.75. The smallest absolute Gasteiger partial charge is 0.246 e. The van der Waals surface area contributed by atoms with Crippen LogP contribution in [0, 0.1) is 5.92 Å². The lowest BCUT2D eigenvalue weighted by Crippen LogP contribution is -2.31. The first kappa shape index (κ1) is 14.9. The van der Waals surface area contributed by atoms with Crippen molar-refractivity contribution in [2.45, 2.75) is 19.3 Å². The molecule has 2 aromatic carbocycles. The van der Waals surface area contributed by atoms with Gasteiger partial charge >= 0.3 is 0 Å². The van der Waals surface area contributed by atoms with E-state index < -0.39 is 0 Å². The second-order valence-electron chi connectivity index (χ2n) is 5.40. The second kappa shape index (κ2) is 6.38. The summed E-state index contributed by atoms with van der Waals surface area (Å²) in [5.41, 5.74) is 4.06. The maximum Gasteiger partial charge on any atom is 0.246 e. The molecule has 0 aliphatic heterocycles. The molecule has 0 bridgehead atoms. The third kappa shape index (κ3) is 3.24. The second-order valence-corrected chi connectivity index (χ2v) is 5.84. The summed E-state index contributed by atoms with van der Waals surface area (Å²) in [4.78, 5) is 11.6. The van der Waals surface area contributed by atoms with Crippen molar-refractivity contribution < 1.29 is 14.7 Å². The Balaban J connectivity index is 1.78. The number of hydrogen-bond acceptors (Lipinski definition) is 3. The number of amides is 1. The number of hydroxylamine groups is 1. The molecule has 3 rings (SSSR count). The number of ether oxygens (including phenoxy) is 1. The molecule has 4 nitrogen and oxygen atoms in total. The Bertz CT molecular complexity index is 685. The zero-order chi connectivity index (χ0) is 15.5. The summed E-state index contributed by atoms with van der Waals surface area (Å²) >= 11 is 5.86. The van der Waals surface area contributed by atoms with Crippen LogP contribution in [0.25, 0.3) is 0 Å². The number of hydrogen-bond donors (Lipinski definition) is 2. The topological polar surface area (TPSA) is 58.6 Å². The summed E-state index contributed by atoms with van der Waals surface area (Å²) in [6, 6.07) is 13.1. The first-order valence-electron chi connectivity index (χ1n) is 7.15. The fourth-order valence-corrected chi connectivity index (χ4v) is 2.88. The van der Waals surface area contributed by atoms with Crippen molar-refractivity contribution in [3.8, 4) is 11.5 Å². The predicted octanol–water partition coefficient (Wildman–Crippen LogP) is 3.74. The highest BCUT2D eigenvalue weighted by Gasteiger charge is 2.24. The Morgan fingerprint density at radius 3 is 2.59 bits per heavy atom. The van der Waals surface area contributed by atoms with E-state index in [-0.39, 0.29) is 11.8 Å². The van der Waals surface area contributed by atoms with Crippen LogP contribution in [0.2, 0.25) is 5.02 Å². The molecule has 0 spiro atoms. The molecule has 22 heavy (non-hydrogen) atoms. The van der Waals surface area contributed by atoms with Gasteiger partial charge in [-0.15, -0.1) is 0 Å². The van der Waals surface area contributed by atoms with E-state index in [1.54, 1.807) is 17.6 Å². The minimum absolute atomic E-state index is 0.191. The van der Waals surface area contributed by atoms with Crippen molar-refractivity contribution in [3.63, 3.8) is 0 Å². The van der Waals surface area contributed by atoms with Gasteiger partial charge in [0.25, 0.3) is 0 Å². The van der Waals surface area contributed by atoms with Gasteiger partial charge in [0.15, 0.2) is 0 Å². The quantitative estimate of drug-likeness (QED) is 0.669. The minimum Gasteiger partial charge on any atom is -0.457 e. The molecule has 0 heterocycles. The molecule has 1 atom stereocenters. The average molecular weight is 318 g/mol. The van der Waals surface area contributed by atoms with Crippen molar-refractivity contribution in [3.05, 3.63) is 58.6 Å². The number of aryl methyl sites for hydroxylation is 1. The van der Waals surface area contributed by atoms with Crippen molar-refractivity contribution in [2.75, 3.05) is 0 Å². The normalized spacial score (nSPS) is 16.7. The van der Waals surface area contributed by atoms with E-state index in [1.807, 2.05) is 30.3 Å². The largest absolute Gasteiger partial charge is 0.457 e. The molecule has 0 radical (unpaired) electrons. The lowest BCUT2D eigenvalue weighted by atomic mass is 9.83. The molecule has 0 saturated heterocycles. The van der Waals surface area contributed by atoms with Gasteiger partial charge in [0, 0.05) is 10.9 Å². The van der Waals surface area contributed by atoms with Gasteiger partial charge in [0.05, 0.1) is 0 Å². The van der Waals surface area contributed by atoms with Crippen LogP contribution in [0.4, 0.5) is 0 Å². The molecule has 114 valence electrons. The molecule has 2 N–H and O–H groups in total. The van der Waals surface area contributed by atoms with Crippen molar-refractivity contribution in [1.29, 1.82) is 0 Å². The monoisotopic (exact) mass is 317 g/mol. The molecule has 1 aliphatic rings. The molecule has 0 aromatic heterocycles. The molecule has 2 aromatic rings. The van der Waals surface area contributed by atoms with E-state index in [1.165, 1.54) is 5.56 Å². The minimum atomic E-state index is -0.324. The predicted molar refractivity (Wildman–Crippen MR) is 83.4 cm³/mol.